The first kappa shape index (κ1) is 19.3. The Morgan fingerprint density at radius 2 is 1.96 bits per heavy atom. The molecule has 1 aromatic heterocycles. The van der Waals surface area contributed by atoms with Gasteiger partial charge in [-0.2, -0.15) is 0 Å². The second-order valence-corrected chi connectivity index (χ2v) is 6.20. The lowest BCUT2D eigenvalue weighted by molar-refractivity contribution is -0.121. The highest BCUT2D eigenvalue weighted by molar-refractivity contribution is 5.75. The van der Waals surface area contributed by atoms with Crippen molar-refractivity contribution in [1.82, 2.24) is 14.9 Å². The van der Waals surface area contributed by atoms with Crippen LogP contribution in [0.25, 0.3) is 11.3 Å². The van der Waals surface area contributed by atoms with Crippen LogP contribution in [0.5, 0.6) is 5.75 Å². The van der Waals surface area contributed by atoms with E-state index in [0.29, 0.717) is 24.2 Å². The highest BCUT2D eigenvalue weighted by Gasteiger charge is 2.07. The zero-order valence-electron chi connectivity index (χ0n) is 15.4. The van der Waals surface area contributed by atoms with Crippen LogP contribution in [-0.4, -0.2) is 29.1 Å². The molecule has 1 amide bonds. The van der Waals surface area contributed by atoms with Gasteiger partial charge in [0.05, 0.1) is 19.1 Å². The minimum absolute atomic E-state index is 0.117. The molecule has 0 saturated heterocycles. The van der Waals surface area contributed by atoms with E-state index in [-0.39, 0.29) is 23.8 Å². The molecular weight excluding hydrogens is 361 g/mol. The number of ether oxygens (including phenoxy) is 1. The van der Waals surface area contributed by atoms with Crippen molar-refractivity contribution >= 4 is 5.91 Å². The van der Waals surface area contributed by atoms with Crippen molar-refractivity contribution in [3.8, 4) is 17.0 Å². The maximum Gasteiger partial charge on any atom is 0.254 e. The fourth-order valence-electron chi connectivity index (χ4n) is 2.71. The molecule has 0 saturated carbocycles. The lowest BCUT2D eigenvalue weighted by Gasteiger charge is -2.09. The third-order valence-electron chi connectivity index (χ3n) is 4.20. The average Bonchev–Trinajstić information content (AvgIpc) is 2.70. The summed E-state index contributed by atoms with van der Waals surface area (Å²) in [6, 6.07) is 14.7. The van der Waals surface area contributed by atoms with Crippen molar-refractivity contribution < 1.29 is 13.9 Å². The molecule has 0 aliphatic rings. The van der Waals surface area contributed by atoms with Crippen molar-refractivity contribution in [2.24, 2.45) is 0 Å². The first-order valence-corrected chi connectivity index (χ1v) is 8.77. The molecule has 0 bridgehead atoms. The number of methoxy groups -OCH3 is 1. The van der Waals surface area contributed by atoms with Crippen LogP contribution in [0.3, 0.4) is 0 Å². The third kappa shape index (κ3) is 5.03. The molecule has 1 N–H and O–H groups in total. The van der Waals surface area contributed by atoms with E-state index in [2.05, 4.69) is 10.3 Å². The number of hydrogen-bond donors (Lipinski definition) is 1. The summed E-state index contributed by atoms with van der Waals surface area (Å²) in [6.07, 6.45) is 1.97. The van der Waals surface area contributed by atoms with E-state index in [0.717, 1.165) is 11.3 Å². The molecule has 2 aromatic carbocycles. The molecule has 0 aliphatic heterocycles. The number of carbonyl (C=O) groups is 1. The van der Waals surface area contributed by atoms with Gasteiger partial charge in [-0.3, -0.25) is 14.2 Å². The summed E-state index contributed by atoms with van der Waals surface area (Å²) in [4.78, 5) is 28.5. The quantitative estimate of drug-likeness (QED) is 0.682. The zero-order chi connectivity index (χ0) is 19.9. The number of amides is 1. The summed E-state index contributed by atoms with van der Waals surface area (Å²) in [7, 11) is 1.61. The predicted octanol–water partition coefficient (Wildman–Crippen LogP) is 2.42. The molecule has 0 atom stereocenters. The Balaban J connectivity index is 1.56. The first-order chi connectivity index (χ1) is 13.5. The van der Waals surface area contributed by atoms with Crippen molar-refractivity contribution in [1.29, 1.82) is 0 Å². The van der Waals surface area contributed by atoms with Gasteiger partial charge in [-0.25, -0.2) is 9.37 Å². The molecule has 0 fully saturated rings. The van der Waals surface area contributed by atoms with Crippen LogP contribution in [0.15, 0.2) is 65.7 Å². The van der Waals surface area contributed by atoms with E-state index in [1.165, 1.54) is 29.1 Å². The van der Waals surface area contributed by atoms with E-state index in [9.17, 15) is 14.0 Å². The summed E-state index contributed by atoms with van der Waals surface area (Å²) in [5.41, 5.74) is 1.76. The molecular formula is C21H20FN3O3. The van der Waals surface area contributed by atoms with Crippen LogP contribution in [0.4, 0.5) is 4.39 Å². The highest BCUT2D eigenvalue weighted by atomic mass is 19.1. The Morgan fingerprint density at radius 1 is 1.18 bits per heavy atom. The third-order valence-corrected chi connectivity index (χ3v) is 4.20. The van der Waals surface area contributed by atoms with Gasteiger partial charge in [0.15, 0.2) is 0 Å². The van der Waals surface area contributed by atoms with Crippen LogP contribution >= 0.6 is 0 Å². The van der Waals surface area contributed by atoms with Crippen LogP contribution in [0.2, 0.25) is 0 Å². The van der Waals surface area contributed by atoms with Gasteiger partial charge in [-0.05, 0) is 48.4 Å². The normalized spacial score (nSPS) is 10.5. The minimum atomic E-state index is -0.359. The van der Waals surface area contributed by atoms with Crippen molar-refractivity contribution in [3.63, 3.8) is 0 Å². The number of halogens is 1. The predicted molar refractivity (Wildman–Crippen MR) is 104 cm³/mol. The number of carbonyl (C=O) groups excluding carboxylic acids is 1. The number of hydrogen-bond acceptors (Lipinski definition) is 4. The molecule has 28 heavy (non-hydrogen) atoms. The molecule has 0 spiro atoms. The number of nitrogens with zero attached hydrogens (tertiary/aromatic N) is 2. The van der Waals surface area contributed by atoms with Gasteiger partial charge < -0.3 is 10.1 Å². The monoisotopic (exact) mass is 381 g/mol. The summed E-state index contributed by atoms with van der Waals surface area (Å²) in [5, 5.41) is 2.79. The van der Waals surface area contributed by atoms with Gasteiger partial charge in [0.1, 0.15) is 18.1 Å². The fraction of sp³-hybridized carbons (Fsp3) is 0.190. The smallest absolute Gasteiger partial charge is 0.254 e. The molecule has 1 heterocycles. The average molecular weight is 381 g/mol. The molecule has 3 aromatic rings. The maximum absolute atomic E-state index is 13.0. The Labute approximate surface area is 161 Å². The SMILES string of the molecule is COc1cccc(CCNC(=O)Cn2cnc(-c3ccc(F)cc3)cc2=O)c1. The zero-order valence-corrected chi connectivity index (χ0v) is 15.4. The van der Waals surface area contributed by atoms with Crippen molar-refractivity contribution in [2.45, 2.75) is 13.0 Å². The number of aromatic nitrogens is 2. The van der Waals surface area contributed by atoms with Gasteiger partial charge in [-0.1, -0.05) is 12.1 Å². The Hall–Kier alpha value is -3.48. The van der Waals surface area contributed by atoms with Crippen LogP contribution < -0.4 is 15.6 Å². The van der Waals surface area contributed by atoms with E-state index >= 15 is 0 Å². The number of benzene rings is 2. The Bertz CT molecular complexity index is 1020. The number of nitrogens with one attached hydrogen (secondary N) is 1. The van der Waals surface area contributed by atoms with Gasteiger partial charge in [-0.15, -0.1) is 0 Å². The Kier molecular flexibility index (Phi) is 6.16. The van der Waals surface area contributed by atoms with E-state index < -0.39 is 0 Å². The van der Waals surface area contributed by atoms with Crippen LogP contribution in [-0.2, 0) is 17.8 Å². The second-order valence-electron chi connectivity index (χ2n) is 6.20. The first-order valence-electron chi connectivity index (χ1n) is 8.77. The standard InChI is InChI=1S/C21H20FN3O3/c1-28-18-4-2-3-15(11-18)9-10-23-20(26)13-25-14-24-19(12-21(25)27)16-5-7-17(22)8-6-16/h2-8,11-12,14H,9-10,13H2,1H3,(H,23,26). The molecule has 7 heteroatoms. The summed E-state index contributed by atoms with van der Waals surface area (Å²) >= 11 is 0. The van der Waals surface area contributed by atoms with Gasteiger partial charge in [0.25, 0.3) is 5.56 Å². The van der Waals surface area contributed by atoms with Crippen LogP contribution in [0.1, 0.15) is 5.56 Å². The largest absolute Gasteiger partial charge is 0.497 e. The lowest BCUT2D eigenvalue weighted by atomic mass is 10.1. The molecule has 6 nitrogen and oxygen atoms in total. The van der Waals surface area contributed by atoms with Crippen molar-refractivity contribution in [3.05, 3.63) is 82.7 Å². The van der Waals surface area contributed by atoms with E-state index in [4.69, 9.17) is 4.74 Å². The molecule has 0 aliphatic carbocycles. The summed E-state index contributed by atoms with van der Waals surface area (Å²) < 4.78 is 19.4. The van der Waals surface area contributed by atoms with Crippen molar-refractivity contribution in [2.75, 3.05) is 13.7 Å². The molecule has 0 radical (unpaired) electrons. The van der Waals surface area contributed by atoms with Crippen LogP contribution in [0, 0.1) is 5.82 Å². The van der Waals surface area contributed by atoms with Gasteiger partial charge >= 0.3 is 0 Å². The van der Waals surface area contributed by atoms with E-state index in [1.54, 1.807) is 19.2 Å². The molecule has 3 rings (SSSR count). The second kappa shape index (κ2) is 8.94. The Morgan fingerprint density at radius 3 is 2.68 bits per heavy atom. The lowest BCUT2D eigenvalue weighted by Crippen LogP contribution is -2.33. The van der Waals surface area contributed by atoms with Gasteiger partial charge in [0, 0.05) is 18.2 Å². The summed E-state index contributed by atoms with van der Waals surface area (Å²) in [5.74, 6) is 0.131. The molecule has 0 unspecified atom stereocenters. The number of rotatable bonds is 7. The fourth-order valence-corrected chi connectivity index (χ4v) is 2.71. The van der Waals surface area contributed by atoms with Gasteiger partial charge in [0.2, 0.25) is 5.91 Å². The maximum atomic E-state index is 13.0. The van der Waals surface area contributed by atoms with E-state index in [1.807, 2.05) is 24.3 Å². The summed E-state index contributed by atoms with van der Waals surface area (Å²) in [6.45, 7) is 0.329. The molecule has 144 valence electrons. The highest BCUT2D eigenvalue weighted by Crippen LogP contribution is 2.15. The minimum Gasteiger partial charge on any atom is -0.497 e. The topological polar surface area (TPSA) is 73.2 Å².